The van der Waals surface area contributed by atoms with E-state index >= 15 is 0 Å². The molecule has 1 N–H and O–H groups in total. The van der Waals surface area contributed by atoms with Crippen LogP contribution in [0.2, 0.25) is 0 Å². The lowest BCUT2D eigenvalue weighted by atomic mass is 10.0. The van der Waals surface area contributed by atoms with Crippen molar-refractivity contribution in [3.63, 3.8) is 0 Å². The fourth-order valence-corrected chi connectivity index (χ4v) is 1.82. The molecule has 0 aliphatic carbocycles. The number of carbonyl (C=O) groups is 1. The van der Waals surface area contributed by atoms with Crippen molar-refractivity contribution in [1.29, 1.82) is 0 Å². The summed E-state index contributed by atoms with van der Waals surface area (Å²) in [6.45, 7) is 0.411. The highest BCUT2D eigenvalue weighted by atomic mass is 19.1. The van der Waals surface area contributed by atoms with Gasteiger partial charge in [0.25, 0.3) is 0 Å². The summed E-state index contributed by atoms with van der Waals surface area (Å²) in [5, 5.41) is 8.93. The lowest BCUT2D eigenvalue weighted by molar-refractivity contribution is -0.138. The topological polar surface area (TPSA) is 40.5 Å². The zero-order valence-corrected chi connectivity index (χ0v) is 7.70. The third kappa shape index (κ3) is 1.23. The minimum absolute atomic E-state index is 0.332. The van der Waals surface area contributed by atoms with Crippen LogP contribution in [0.3, 0.4) is 0 Å². The van der Waals surface area contributed by atoms with Gasteiger partial charge in [0.05, 0.1) is 0 Å². The fourth-order valence-electron chi connectivity index (χ4n) is 1.82. The lowest BCUT2D eigenvalue weighted by Gasteiger charge is -2.10. The van der Waals surface area contributed by atoms with Crippen molar-refractivity contribution in [3.8, 4) is 0 Å². The minimum Gasteiger partial charge on any atom is -0.481 e. The van der Waals surface area contributed by atoms with Crippen molar-refractivity contribution < 1.29 is 14.3 Å². The molecule has 1 unspecified atom stereocenters. The number of carboxylic acids is 1. The van der Waals surface area contributed by atoms with Gasteiger partial charge in [0.2, 0.25) is 0 Å². The first-order valence-electron chi connectivity index (χ1n) is 4.33. The zero-order chi connectivity index (χ0) is 10.3. The van der Waals surface area contributed by atoms with Crippen molar-refractivity contribution in [3.05, 3.63) is 29.6 Å². The summed E-state index contributed by atoms with van der Waals surface area (Å²) in [6.07, 6.45) is 0. The molecule has 0 radical (unpaired) electrons. The predicted octanol–water partition coefficient (Wildman–Crippen LogP) is 1.44. The van der Waals surface area contributed by atoms with Gasteiger partial charge in [-0.2, -0.15) is 0 Å². The number of rotatable bonds is 1. The Labute approximate surface area is 80.8 Å². The van der Waals surface area contributed by atoms with E-state index < -0.39 is 11.9 Å². The molecule has 0 saturated carbocycles. The first kappa shape index (κ1) is 8.99. The molecular weight excluding hydrogens is 185 g/mol. The van der Waals surface area contributed by atoms with Gasteiger partial charge in [-0.25, -0.2) is 4.39 Å². The molecule has 4 heteroatoms. The van der Waals surface area contributed by atoms with Gasteiger partial charge in [0.1, 0.15) is 11.7 Å². The third-order valence-corrected chi connectivity index (χ3v) is 2.53. The molecule has 1 aliphatic rings. The molecule has 0 spiro atoms. The molecule has 3 nitrogen and oxygen atoms in total. The van der Waals surface area contributed by atoms with Crippen LogP contribution in [-0.4, -0.2) is 24.7 Å². The van der Waals surface area contributed by atoms with Gasteiger partial charge in [-0.3, -0.25) is 4.79 Å². The molecule has 0 bridgehead atoms. The molecule has 0 amide bonds. The van der Waals surface area contributed by atoms with Gasteiger partial charge in [-0.15, -0.1) is 0 Å². The Morgan fingerprint density at radius 1 is 1.64 bits per heavy atom. The zero-order valence-electron chi connectivity index (χ0n) is 7.70. The Kier molecular flexibility index (Phi) is 1.91. The van der Waals surface area contributed by atoms with E-state index in [2.05, 4.69) is 0 Å². The van der Waals surface area contributed by atoms with Crippen LogP contribution in [0.4, 0.5) is 10.1 Å². The lowest BCUT2D eigenvalue weighted by Crippen LogP contribution is -2.19. The summed E-state index contributed by atoms with van der Waals surface area (Å²) in [4.78, 5) is 12.6. The normalized spacial score (nSPS) is 19.6. The van der Waals surface area contributed by atoms with Crippen LogP contribution >= 0.6 is 0 Å². The van der Waals surface area contributed by atoms with Crippen molar-refractivity contribution in [1.82, 2.24) is 0 Å². The van der Waals surface area contributed by atoms with Crippen LogP contribution in [0.5, 0.6) is 0 Å². The molecule has 1 aromatic carbocycles. The smallest absolute Gasteiger partial charge is 0.312 e. The highest BCUT2D eigenvalue weighted by Gasteiger charge is 2.31. The molecule has 1 atom stereocenters. The fraction of sp³-hybridized carbons (Fsp3) is 0.300. The van der Waals surface area contributed by atoms with E-state index in [1.54, 1.807) is 18.0 Å². The molecule has 74 valence electrons. The summed E-state index contributed by atoms with van der Waals surface area (Å²) >= 11 is 0. The molecule has 0 aromatic heterocycles. The maximum Gasteiger partial charge on any atom is 0.312 e. The van der Waals surface area contributed by atoms with E-state index in [4.69, 9.17) is 5.11 Å². The quantitative estimate of drug-likeness (QED) is 0.737. The summed E-state index contributed by atoms with van der Waals surface area (Å²) in [7, 11) is 1.77. The Morgan fingerprint density at radius 3 is 3.00 bits per heavy atom. The number of hydrogen-bond acceptors (Lipinski definition) is 2. The van der Waals surface area contributed by atoms with Crippen molar-refractivity contribution in [2.75, 3.05) is 18.5 Å². The monoisotopic (exact) mass is 195 g/mol. The largest absolute Gasteiger partial charge is 0.481 e. The number of halogens is 1. The van der Waals surface area contributed by atoms with E-state index in [1.165, 1.54) is 12.1 Å². The molecule has 14 heavy (non-hydrogen) atoms. The standard InChI is InChI=1S/C10H10FNO2/c1-12-5-8(10(13)14)7-3-2-6(11)4-9(7)12/h2-4,8H,5H2,1H3,(H,13,14). The average molecular weight is 195 g/mol. The van der Waals surface area contributed by atoms with Gasteiger partial charge >= 0.3 is 5.97 Å². The van der Waals surface area contributed by atoms with E-state index in [1.807, 2.05) is 0 Å². The highest BCUT2D eigenvalue weighted by Crippen LogP contribution is 2.35. The molecule has 2 rings (SSSR count). The first-order valence-corrected chi connectivity index (χ1v) is 4.33. The van der Waals surface area contributed by atoms with E-state index in [0.29, 0.717) is 17.8 Å². The van der Waals surface area contributed by atoms with Crippen LogP contribution in [0, 0.1) is 5.82 Å². The van der Waals surface area contributed by atoms with E-state index in [0.717, 1.165) is 0 Å². The van der Waals surface area contributed by atoms with Crippen molar-refractivity contribution >= 4 is 11.7 Å². The average Bonchev–Trinajstić information content (AvgIpc) is 2.44. The van der Waals surface area contributed by atoms with Crippen LogP contribution in [-0.2, 0) is 4.79 Å². The van der Waals surface area contributed by atoms with Crippen molar-refractivity contribution in [2.24, 2.45) is 0 Å². The molecule has 1 aliphatic heterocycles. The molecule has 0 saturated heterocycles. The maximum absolute atomic E-state index is 12.9. The van der Waals surface area contributed by atoms with Gasteiger partial charge in [0, 0.05) is 19.3 Å². The van der Waals surface area contributed by atoms with Gasteiger partial charge in [-0.1, -0.05) is 6.07 Å². The number of nitrogens with zero attached hydrogens (tertiary/aromatic N) is 1. The van der Waals surface area contributed by atoms with Crippen molar-refractivity contribution in [2.45, 2.75) is 5.92 Å². The number of carboxylic acid groups (broad SMARTS) is 1. The summed E-state index contributed by atoms with van der Waals surface area (Å²) in [5.41, 5.74) is 1.37. The third-order valence-electron chi connectivity index (χ3n) is 2.53. The predicted molar refractivity (Wildman–Crippen MR) is 50.0 cm³/mol. The summed E-state index contributed by atoms with van der Waals surface area (Å²) in [5.74, 6) is -1.72. The van der Waals surface area contributed by atoms with Crippen LogP contribution in [0.1, 0.15) is 11.5 Å². The number of fused-ring (bicyclic) bond motifs is 1. The van der Waals surface area contributed by atoms with Gasteiger partial charge in [0.15, 0.2) is 0 Å². The second-order valence-corrected chi connectivity index (χ2v) is 3.47. The summed E-state index contributed by atoms with van der Waals surface area (Å²) < 4.78 is 12.9. The number of anilines is 1. The maximum atomic E-state index is 12.9. The highest BCUT2D eigenvalue weighted by molar-refractivity contribution is 5.82. The van der Waals surface area contributed by atoms with Gasteiger partial charge < -0.3 is 10.0 Å². The first-order chi connectivity index (χ1) is 6.59. The Bertz CT molecular complexity index is 392. The second kappa shape index (κ2) is 2.97. The van der Waals surface area contributed by atoms with Gasteiger partial charge in [-0.05, 0) is 17.7 Å². The summed E-state index contributed by atoms with van der Waals surface area (Å²) in [6, 6.07) is 4.22. The minimum atomic E-state index is -0.859. The molecular formula is C10H10FNO2. The molecule has 0 fully saturated rings. The number of aliphatic carboxylic acids is 1. The van der Waals surface area contributed by atoms with E-state index in [9.17, 15) is 9.18 Å². The SMILES string of the molecule is CN1CC(C(=O)O)c2ccc(F)cc21. The van der Waals surface area contributed by atoms with Crippen LogP contribution in [0.25, 0.3) is 0 Å². The number of benzene rings is 1. The molecule has 1 heterocycles. The Balaban J connectivity index is 2.49. The Hall–Kier alpha value is -1.58. The van der Waals surface area contributed by atoms with Crippen LogP contribution < -0.4 is 4.90 Å². The Morgan fingerprint density at radius 2 is 2.36 bits per heavy atom. The number of hydrogen-bond donors (Lipinski definition) is 1. The van der Waals surface area contributed by atoms with E-state index in [-0.39, 0.29) is 5.82 Å². The van der Waals surface area contributed by atoms with Crippen LogP contribution in [0.15, 0.2) is 18.2 Å². The molecule has 1 aromatic rings. The number of likely N-dealkylation sites (N-methyl/N-ethyl adjacent to an activating group) is 1. The second-order valence-electron chi connectivity index (χ2n) is 3.47.